The first-order valence-corrected chi connectivity index (χ1v) is 9.79. The predicted octanol–water partition coefficient (Wildman–Crippen LogP) is 0.621. The van der Waals surface area contributed by atoms with Crippen molar-refractivity contribution in [1.82, 2.24) is 4.90 Å². The maximum absolute atomic E-state index is 12.9. The van der Waals surface area contributed by atoms with E-state index in [0.29, 0.717) is 19.6 Å². The molecule has 0 aliphatic carbocycles. The summed E-state index contributed by atoms with van der Waals surface area (Å²) >= 11 is 0. The third kappa shape index (κ3) is 3.34. The monoisotopic (exact) mass is 368 g/mol. The van der Waals surface area contributed by atoms with Crippen LogP contribution in [0.15, 0.2) is 24.3 Å². The molecule has 3 rings (SSSR count). The van der Waals surface area contributed by atoms with Crippen LogP contribution in [0.3, 0.4) is 0 Å². The molecule has 0 saturated carbocycles. The second kappa shape index (κ2) is 6.30. The number of carbonyl (C=O) groups is 2. The molecule has 2 aliphatic rings. The zero-order valence-corrected chi connectivity index (χ0v) is 14.6. The summed E-state index contributed by atoms with van der Waals surface area (Å²) in [6.07, 6.45) is 1.37. The summed E-state index contributed by atoms with van der Waals surface area (Å²) in [6.45, 7) is 1.04. The van der Waals surface area contributed by atoms with E-state index in [1.807, 2.05) is 0 Å². The lowest BCUT2D eigenvalue weighted by Crippen LogP contribution is -2.45. The second-order valence-electron chi connectivity index (χ2n) is 6.59. The molecule has 0 bridgehead atoms. The van der Waals surface area contributed by atoms with Gasteiger partial charge in [-0.25, -0.2) is 8.42 Å². The highest BCUT2D eigenvalue weighted by molar-refractivity contribution is 7.92. The van der Waals surface area contributed by atoms with E-state index in [1.165, 1.54) is 17.0 Å². The smallest absolute Gasteiger partial charge is 0.311 e. The van der Waals surface area contributed by atoms with Gasteiger partial charge in [0, 0.05) is 25.6 Å². The Balaban J connectivity index is 1.89. The lowest BCUT2D eigenvalue weighted by atomic mass is 9.74. The summed E-state index contributed by atoms with van der Waals surface area (Å²) < 4.78 is 30.7. The fourth-order valence-corrected chi connectivity index (χ4v) is 4.16. The Morgan fingerprint density at radius 3 is 2.72 bits per heavy atom. The average Bonchev–Trinajstić information content (AvgIpc) is 2.94. The molecule has 0 spiro atoms. The number of para-hydroxylation sites is 1. The third-order valence-corrected chi connectivity index (χ3v) is 5.46. The van der Waals surface area contributed by atoms with Crippen LogP contribution in [0.4, 0.5) is 5.69 Å². The predicted molar refractivity (Wildman–Crippen MR) is 89.8 cm³/mol. The van der Waals surface area contributed by atoms with Crippen molar-refractivity contribution >= 4 is 27.6 Å². The molecule has 2 heterocycles. The van der Waals surface area contributed by atoms with E-state index >= 15 is 0 Å². The lowest BCUT2D eigenvalue weighted by Gasteiger charge is -2.33. The summed E-state index contributed by atoms with van der Waals surface area (Å²) in [7, 11) is -3.54. The highest BCUT2D eigenvalue weighted by atomic mass is 32.2. The molecule has 2 fully saturated rings. The quantitative estimate of drug-likeness (QED) is 0.806. The summed E-state index contributed by atoms with van der Waals surface area (Å²) in [5.41, 5.74) is -0.605. The van der Waals surface area contributed by atoms with Gasteiger partial charge in [0.2, 0.25) is 10.0 Å². The van der Waals surface area contributed by atoms with Crippen LogP contribution in [-0.4, -0.2) is 62.9 Å². The molecule has 0 radical (unpaired) electrons. The normalized spacial score (nSPS) is 26.1. The standard InChI is InChI=1S/C16H20N2O6S/c1-25(22,23)17-13-5-3-2-4-12(13)14(19)18-8-11-9-24-7-6-16(11,10-18)15(20)21/h2-5,11,17H,6-10H2,1H3,(H,20,21)/t11-,16+/m0/s1. The second-order valence-corrected chi connectivity index (χ2v) is 8.34. The number of fused-ring (bicyclic) bond motifs is 1. The molecule has 8 nitrogen and oxygen atoms in total. The molecular weight excluding hydrogens is 348 g/mol. The van der Waals surface area contributed by atoms with Gasteiger partial charge < -0.3 is 14.7 Å². The first-order chi connectivity index (χ1) is 11.7. The van der Waals surface area contributed by atoms with E-state index < -0.39 is 21.4 Å². The first-order valence-electron chi connectivity index (χ1n) is 7.90. The van der Waals surface area contributed by atoms with Crippen LogP contribution >= 0.6 is 0 Å². The van der Waals surface area contributed by atoms with E-state index in [0.717, 1.165) is 6.26 Å². The molecule has 2 N–H and O–H groups in total. The van der Waals surface area contributed by atoms with Gasteiger partial charge in [-0.15, -0.1) is 0 Å². The van der Waals surface area contributed by atoms with E-state index in [1.54, 1.807) is 12.1 Å². The Kier molecular flexibility index (Phi) is 4.46. The number of anilines is 1. The number of rotatable bonds is 4. The molecule has 1 aromatic carbocycles. The molecule has 1 amide bonds. The number of carboxylic acid groups (broad SMARTS) is 1. The van der Waals surface area contributed by atoms with Gasteiger partial charge in [0.15, 0.2) is 0 Å². The van der Waals surface area contributed by atoms with Gasteiger partial charge >= 0.3 is 5.97 Å². The Morgan fingerprint density at radius 1 is 1.36 bits per heavy atom. The van der Waals surface area contributed by atoms with Gasteiger partial charge in [0.25, 0.3) is 5.91 Å². The van der Waals surface area contributed by atoms with Gasteiger partial charge in [-0.2, -0.15) is 0 Å². The van der Waals surface area contributed by atoms with Crippen molar-refractivity contribution < 1.29 is 27.9 Å². The number of amides is 1. The molecule has 9 heteroatoms. The van der Waals surface area contributed by atoms with E-state index in [-0.39, 0.29) is 36.2 Å². The highest BCUT2D eigenvalue weighted by Crippen LogP contribution is 2.43. The van der Waals surface area contributed by atoms with Gasteiger partial charge in [0.1, 0.15) is 0 Å². The van der Waals surface area contributed by atoms with Crippen LogP contribution in [-0.2, 0) is 19.6 Å². The van der Waals surface area contributed by atoms with E-state index in [4.69, 9.17) is 4.74 Å². The number of ether oxygens (including phenoxy) is 1. The largest absolute Gasteiger partial charge is 0.481 e. The molecule has 2 saturated heterocycles. The maximum Gasteiger partial charge on any atom is 0.311 e. The van der Waals surface area contributed by atoms with Crippen molar-refractivity contribution in [3.05, 3.63) is 29.8 Å². The van der Waals surface area contributed by atoms with E-state index in [9.17, 15) is 23.1 Å². The number of carboxylic acids is 1. The van der Waals surface area contributed by atoms with Gasteiger partial charge in [-0.3, -0.25) is 14.3 Å². The molecule has 0 aromatic heterocycles. The van der Waals surface area contributed by atoms with Crippen molar-refractivity contribution in [2.75, 3.05) is 37.3 Å². The number of benzene rings is 1. The van der Waals surface area contributed by atoms with Gasteiger partial charge in [-0.1, -0.05) is 12.1 Å². The minimum Gasteiger partial charge on any atom is -0.481 e. The number of hydrogen-bond acceptors (Lipinski definition) is 5. The molecular formula is C16H20N2O6S. The van der Waals surface area contributed by atoms with Crippen molar-refractivity contribution in [2.45, 2.75) is 6.42 Å². The highest BCUT2D eigenvalue weighted by Gasteiger charge is 2.55. The summed E-state index contributed by atoms with van der Waals surface area (Å²) in [5.74, 6) is -1.57. The Morgan fingerprint density at radius 2 is 2.08 bits per heavy atom. The fourth-order valence-electron chi connectivity index (χ4n) is 3.58. The average molecular weight is 368 g/mol. The number of hydrogen-bond donors (Lipinski definition) is 2. The van der Waals surface area contributed by atoms with Crippen LogP contribution in [0.25, 0.3) is 0 Å². The number of sulfonamides is 1. The fraction of sp³-hybridized carbons (Fsp3) is 0.500. The number of aliphatic carboxylic acids is 1. The zero-order chi connectivity index (χ0) is 18.2. The number of nitrogens with zero attached hydrogens (tertiary/aromatic N) is 1. The Bertz CT molecular complexity index is 809. The van der Waals surface area contributed by atoms with Crippen LogP contribution in [0.2, 0.25) is 0 Å². The van der Waals surface area contributed by atoms with Crippen LogP contribution in [0.1, 0.15) is 16.8 Å². The molecule has 0 unspecified atom stereocenters. The molecule has 136 valence electrons. The summed E-state index contributed by atoms with van der Waals surface area (Å²) in [4.78, 5) is 26.2. The Labute approximate surface area is 145 Å². The van der Waals surface area contributed by atoms with Crippen molar-refractivity contribution in [3.8, 4) is 0 Å². The topological polar surface area (TPSA) is 113 Å². The first kappa shape index (κ1) is 17.7. The van der Waals surface area contributed by atoms with Crippen molar-refractivity contribution in [2.24, 2.45) is 11.3 Å². The SMILES string of the molecule is CS(=O)(=O)Nc1ccccc1C(=O)N1C[C@H]2COCC[C@@]2(C(=O)O)C1. The van der Waals surface area contributed by atoms with E-state index in [2.05, 4.69) is 4.72 Å². The van der Waals surface area contributed by atoms with Crippen LogP contribution < -0.4 is 4.72 Å². The molecule has 25 heavy (non-hydrogen) atoms. The third-order valence-electron chi connectivity index (χ3n) is 4.87. The van der Waals surface area contributed by atoms with Crippen LogP contribution in [0, 0.1) is 11.3 Å². The number of nitrogens with one attached hydrogen (secondary N) is 1. The minimum absolute atomic E-state index is 0.0996. The molecule has 2 atom stereocenters. The minimum atomic E-state index is -3.54. The summed E-state index contributed by atoms with van der Waals surface area (Å²) in [5, 5.41) is 9.69. The number of carbonyl (C=O) groups excluding carboxylic acids is 1. The van der Waals surface area contributed by atoms with Crippen LogP contribution in [0.5, 0.6) is 0 Å². The Hall–Kier alpha value is -2.13. The molecule has 2 aliphatic heterocycles. The summed E-state index contributed by atoms with van der Waals surface area (Å²) in [6, 6.07) is 6.30. The van der Waals surface area contributed by atoms with Gasteiger partial charge in [-0.05, 0) is 18.6 Å². The number of likely N-dealkylation sites (tertiary alicyclic amines) is 1. The lowest BCUT2D eigenvalue weighted by molar-refractivity contribution is -0.157. The van der Waals surface area contributed by atoms with Crippen molar-refractivity contribution in [1.29, 1.82) is 0 Å². The molecule has 1 aromatic rings. The van der Waals surface area contributed by atoms with Gasteiger partial charge in [0.05, 0.1) is 29.5 Å². The van der Waals surface area contributed by atoms with Crippen molar-refractivity contribution in [3.63, 3.8) is 0 Å². The zero-order valence-electron chi connectivity index (χ0n) is 13.8. The maximum atomic E-state index is 12.9.